The van der Waals surface area contributed by atoms with Crippen LogP contribution >= 0.6 is 23.4 Å². The number of para-hydroxylation sites is 1. The third kappa shape index (κ3) is 4.15. The van der Waals surface area contributed by atoms with E-state index in [0.717, 1.165) is 0 Å². The second-order valence-electron chi connectivity index (χ2n) is 4.13. The third-order valence-corrected chi connectivity index (χ3v) is 3.69. The van der Waals surface area contributed by atoms with Gasteiger partial charge >= 0.3 is 0 Å². The zero-order chi connectivity index (χ0) is 15.4. The maximum absolute atomic E-state index is 12.5. The molecule has 1 aromatic heterocycles. The number of nitrogens with zero attached hydrogens (tertiary/aromatic N) is 1. The number of hydrogen-bond donors (Lipinski definition) is 1. The molecule has 21 heavy (non-hydrogen) atoms. The lowest BCUT2D eigenvalue weighted by Gasteiger charge is -2.11. The number of thioether (sulfide) groups is 1. The Labute approximate surface area is 129 Å². The van der Waals surface area contributed by atoms with Gasteiger partial charge in [0.15, 0.2) is 0 Å². The Kier molecular flexibility index (Phi) is 5.14. The minimum atomic E-state index is -2.56. The minimum absolute atomic E-state index is 0.194. The van der Waals surface area contributed by atoms with Gasteiger partial charge in [0.2, 0.25) is 0 Å². The van der Waals surface area contributed by atoms with Crippen molar-refractivity contribution in [2.45, 2.75) is 17.6 Å². The van der Waals surface area contributed by atoms with Gasteiger partial charge in [-0.15, -0.1) is 0 Å². The van der Waals surface area contributed by atoms with Crippen LogP contribution in [0.2, 0.25) is 5.02 Å². The molecule has 0 aliphatic heterocycles. The minimum Gasteiger partial charge on any atom is -0.321 e. The summed E-state index contributed by atoms with van der Waals surface area (Å²) in [5, 5.41) is 2.84. The molecule has 1 N–H and O–H groups in total. The molecule has 1 heterocycles. The van der Waals surface area contributed by atoms with E-state index in [1.807, 2.05) is 0 Å². The zero-order valence-corrected chi connectivity index (χ0v) is 12.5. The van der Waals surface area contributed by atoms with Crippen molar-refractivity contribution in [2.75, 3.05) is 5.32 Å². The normalized spacial score (nSPS) is 10.7. The van der Waals surface area contributed by atoms with E-state index in [-0.39, 0.29) is 15.5 Å². The summed E-state index contributed by atoms with van der Waals surface area (Å²) in [4.78, 5) is 16.4. The summed E-state index contributed by atoms with van der Waals surface area (Å²) in [6.07, 6.45) is 1.36. The van der Waals surface area contributed by atoms with Crippen LogP contribution in [0.5, 0.6) is 0 Å². The van der Waals surface area contributed by atoms with Gasteiger partial charge in [0, 0.05) is 16.8 Å². The average molecular weight is 329 g/mol. The van der Waals surface area contributed by atoms with E-state index in [1.165, 1.54) is 12.3 Å². The standard InChI is InChI=1S/C14H11ClF2N2OS/c1-8-6-10(15)9(7-18-8)13(20)19-11-4-2-3-5-12(11)21-14(16)17/h2-7,14H,1H3,(H,19,20). The van der Waals surface area contributed by atoms with Crippen molar-refractivity contribution >= 4 is 35.0 Å². The van der Waals surface area contributed by atoms with Crippen molar-refractivity contribution in [3.63, 3.8) is 0 Å². The fraction of sp³-hybridized carbons (Fsp3) is 0.143. The Bertz CT molecular complexity index is 667. The van der Waals surface area contributed by atoms with E-state index in [4.69, 9.17) is 11.6 Å². The highest BCUT2D eigenvalue weighted by Gasteiger charge is 2.15. The van der Waals surface area contributed by atoms with Crippen LogP contribution in [-0.4, -0.2) is 16.6 Å². The average Bonchev–Trinajstić information content (AvgIpc) is 2.40. The monoisotopic (exact) mass is 328 g/mol. The molecule has 0 aliphatic carbocycles. The van der Waals surface area contributed by atoms with E-state index < -0.39 is 11.7 Å². The molecule has 1 amide bonds. The number of anilines is 1. The molecule has 0 unspecified atom stereocenters. The summed E-state index contributed by atoms with van der Waals surface area (Å²) in [7, 11) is 0. The predicted octanol–water partition coefficient (Wildman–Crippen LogP) is 4.61. The van der Waals surface area contributed by atoms with Crippen LogP contribution in [0, 0.1) is 6.92 Å². The third-order valence-electron chi connectivity index (χ3n) is 2.59. The van der Waals surface area contributed by atoms with Crippen LogP contribution in [0.15, 0.2) is 41.4 Å². The van der Waals surface area contributed by atoms with Crippen molar-refractivity contribution < 1.29 is 13.6 Å². The molecule has 0 bridgehead atoms. The molecule has 0 saturated heterocycles. The summed E-state index contributed by atoms with van der Waals surface area (Å²) in [5.74, 6) is -3.05. The van der Waals surface area contributed by atoms with Crippen LogP contribution in [0.25, 0.3) is 0 Å². The fourth-order valence-corrected chi connectivity index (χ4v) is 2.54. The smallest absolute Gasteiger partial charge is 0.288 e. The zero-order valence-electron chi connectivity index (χ0n) is 10.9. The molecule has 110 valence electrons. The molecule has 0 atom stereocenters. The first kappa shape index (κ1) is 15.7. The molecule has 7 heteroatoms. The van der Waals surface area contributed by atoms with Crippen LogP contribution in [-0.2, 0) is 0 Å². The Hall–Kier alpha value is -1.66. The highest BCUT2D eigenvalue weighted by Crippen LogP contribution is 2.32. The number of aryl methyl sites for hydroxylation is 1. The number of pyridine rings is 1. The second kappa shape index (κ2) is 6.87. The first-order chi connectivity index (χ1) is 9.97. The number of carbonyl (C=O) groups is 1. The van der Waals surface area contributed by atoms with Crippen molar-refractivity contribution in [1.82, 2.24) is 4.98 Å². The Morgan fingerprint density at radius 2 is 2.10 bits per heavy atom. The molecular formula is C14H11ClF2N2OS. The van der Waals surface area contributed by atoms with E-state index in [1.54, 1.807) is 31.2 Å². The quantitative estimate of drug-likeness (QED) is 0.833. The van der Waals surface area contributed by atoms with Crippen molar-refractivity contribution in [1.29, 1.82) is 0 Å². The second-order valence-corrected chi connectivity index (χ2v) is 5.57. The summed E-state index contributed by atoms with van der Waals surface area (Å²) in [6, 6.07) is 7.91. The van der Waals surface area contributed by atoms with E-state index in [0.29, 0.717) is 23.1 Å². The van der Waals surface area contributed by atoms with Crippen LogP contribution in [0.1, 0.15) is 16.1 Å². The van der Waals surface area contributed by atoms with E-state index in [2.05, 4.69) is 10.3 Å². The number of halogens is 3. The Balaban J connectivity index is 2.23. The largest absolute Gasteiger partial charge is 0.321 e. The number of alkyl halides is 2. The summed E-state index contributed by atoms with van der Waals surface area (Å²) in [5.41, 5.74) is 1.19. The number of carbonyl (C=O) groups excluding carboxylic acids is 1. The first-order valence-corrected chi connectivity index (χ1v) is 7.20. The highest BCUT2D eigenvalue weighted by atomic mass is 35.5. The van der Waals surface area contributed by atoms with Crippen molar-refractivity contribution in [2.24, 2.45) is 0 Å². The van der Waals surface area contributed by atoms with E-state index >= 15 is 0 Å². The van der Waals surface area contributed by atoms with Crippen molar-refractivity contribution in [3.8, 4) is 0 Å². The van der Waals surface area contributed by atoms with Gasteiger partial charge in [0.05, 0.1) is 16.3 Å². The predicted molar refractivity (Wildman–Crippen MR) is 80.2 cm³/mol. The number of nitrogens with one attached hydrogen (secondary N) is 1. The van der Waals surface area contributed by atoms with Gasteiger partial charge in [-0.3, -0.25) is 9.78 Å². The fourth-order valence-electron chi connectivity index (χ4n) is 1.65. The van der Waals surface area contributed by atoms with Gasteiger partial charge in [-0.25, -0.2) is 0 Å². The number of benzene rings is 1. The number of amides is 1. The molecule has 0 fully saturated rings. The maximum atomic E-state index is 12.5. The van der Waals surface area contributed by atoms with Gasteiger partial charge in [0.25, 0.3) is 11.7 Å². The molecular weight excluding hydrogens is 318 g/mol. The Morgan fingerprint density at radius 3 is 2.76 bits per heavy atom. The Morgan fingerprint density at radius 1 is 1.38 bits per heavy atom. The molecule has 2 rings (SSSR count). The molecule has 0 spiro atoms. The van der Waals surface area contributed by atoms with Gasteiger partial charge in [-0.05, 0) is 25.1 Å². The lowest BCUT2D eigenvalue weighted by Crippen LogP contribution is -2.13. The number of rotatable bonds is 4. The summed E-state index contributed by atoms with van der Waals surface area (Å²) >= 11 is 6.36. The van der Waals surface area contributed by atoms with Crippen LogP contribution in [0.4, 0.5) is 14.5 Å². The number of hydrogen-bond acceptors (Lipinski definition) is 3. The maximum Gasteiger partial charge on any atom is 0.288 e. The molecule has 0 radical (unpaired) electrons. The number of aromatic nitrogens is 1. The van der Waals surface area contributed by atoms with Gasteiger partial charge in [-0.1, -0.05) is 35.5 Å². The first-order valence-electron chi connectivity index (χ1n) is 5.94. The summed E-state index contributed by atoms with van der Waals surface area (Å²) in [6.45, 7) is 1.75. The molecule has 0 saturated carbocycles. The SMILES string of the molecule is Cc1cc(Cl)c(C(=O)Nc2ccccc2SC(F)F)cn1. The molecule has 2 aromatic rings. The van der Waals surface area contributed by atoms with Gasteiger partial charge in [0.1, 0.15) is 0 Å². The topological polar surface area (TPSA) is 42.0 Å². The van der Waals surface area contributed by atoms with E-state index in [9.17, 15) is 13.6 Å². The van der Waals surface area contributed by atoms with Crippen LogP contribution in [0.3, 0.4) is 0 Å². The molecule has 0 aliphatic rings. The summed E-state index contributed by atoms with van der Waals surface area (Å²) < 4.78 is 25.0. The molecule has 3 nitrogen and oxygen atoms in total. The lowest BCUT2D eigenvalue weighted by atomic mass is 10.2. The van der Waals surface area contributed by atoms with Crippen LogP contribution < -0.4 is 5.32 Å². The van der Waals surface area contributed by atoms with Gasteiger partial charge in [-0.2, -0.15) is 8.78 Å². The lowest BCUT2D eigenvalue weighted by molar-refractivity contribution is 0.102. The highest BCUT2D eigenvalue weighted by molar-refractivity contribution is 7.99. The van der Waals surface area contributed by atoms with Gasteiger partial charge < -0.3 is 5.32 Å². The molecule has 1 aromatic carbocycles. The van der Waals surface area contributed by atoms with Crippen molar-refractivity contribution in [3.05, 3.63) is 52.8 Å².